The van der Waals surface area contributed by atoms with Crippen LogP contribution in [0.1, 0.15) is 12.8 Å². The van der Waals surface area contributed by atoms with E-state index in [0.29, 0.717) is 5.82 Å². The lowest BCUT2D eigenvalue weighted by Crippen LogP contribution is -2.31. The Labute approximate surface area is 96.3 Å². The highest BCUT2D eigenvalue weighted by Crippen LogP contribution is 2.10. The van der Waals surface area contributed by atoms with Crippen molar-refractivity contribution < 1.29 is 0 Å². The Morgan fingerprint density at radius 2 is 2.06 bits per heavy atom. The molecule has 0 radical (unpaired) electrons. The number of likely N-dealkylation sites (tertiary alicyclic amines) is 1. The van der Waals surface area contributed by atoms with Crippen LogP contribution in [0.2, 0.25) is 0 Å². The second-order valence-electron chi connectivity index (χ2n) is 4.27. The fourth-order valence-electron chi connectivity index (χ4n) is 1.94. The molecular formula is C11H19N5. The third-order valence-electron chi connectivity index (χ3n) is 3.00. The summed E-state index contributed by atoms with van der Waals surface area (Å²) in [6, 6.07) is 0. The number of rotatable bonds is 4. The zero-order valence-corrected chi connectivity index (χ0v) is 9.76. The molecule has 1 aliphatic rings. The molecule has 0 spiro atoms. The summed E-state index contributed by atoms with van der Waals surface area (Å²) in [7, 11) is 2.04. The van der Waals surface area contributed by atoms with Crippen molar-refractivity contribution in [3.05, 3.63) is 12.4 Å². The third kappa shape index (κ3) is 2.82. The van der Waals surface area contributed by atoms with Gasteiger partial charge in [0.15, 0.2) is 0 Å². The maximum Gasteiger partial charge on any atom is 0.147 e. The van der Waals surface area contributed by atoms with E-state index in [1.54, 1.807) is 12.4 Å². The van der Waals surface area contributed by atoms with Crippen LogP contribution in [-0.2, 0) is 0 Å². The summed E-state index contributed by atoms with van der Waals surface area (Å²) in [5, 5.41) is 0. The SMILES string of the molecule is CN(CCN1CCCC1)c1cnc(N)cn1. The Morgan fingerprint density at radius 1 is 1.31 bits per heavy atom. The molecule has 1 saturated heterocycles. The molecule has 5 nitrogen and oxygen atoms in total. The first-order chi connectivity index (χ1) is 7.75. The minimum absolute atomic E-state index is 0.469. The summed E-state index contributed by atoms with van der Waals surface area (Å²) in [5.41, 5.74) is 5.50. The molecule has 1 aliphatic heterocycles. The predicted octanol–water partition coefficient (Wildman–Crippen LogP) is 0.591. The number of hydrogen-bond acceptors (Lipinski definition) is 5. The van der Waals surface area contributed by atoms with E-state index in [1.165, 1.54) is 25.9 Å². The summed E-state index contributed by atoms with van der Waals surface area (Å²) >= 11 is 0. The maximum atomic E-state index is 5.50. The molecule has 1 aromatic rings. The van der Waals surface area contributed by atoms with Crippen LogP contribution in [0, 0.1) is 0 Å². The first kappa shape index (κ1) is 11.1. The van der Waals surface area contributed by atoms with E-state index in [4.69, 9.17) is 5.73 Å². The van der Waals surface area contributed by atoms with E-state index >= 15 is 0 Å². The van der Waals surface area contributed by atoms with Crippen molar-refractivity contribution in [2.45, 2.75) is 12.8 Å². The van der Waals surface area contributed by atoms with Crippen molar-refractivity contribution in [2.75, 3.05) is 43.9 Å². The fourth-order valence-corrected chi connectivity index (χ4v) is 1.94. The van der Waals surface area contributed by atoms with Crippen molar-refractivity contribution in [3.8, 4) is 0 Å². The van der Waals surface area contributed by atoms with Gasteiger partial charge in [0.05, 0.1) is 12.4 Å². The largest absolute Gasteiger partial charge is 0.382 e. The zero-order chi connectivity index (χ0) is 11.4. The van der Waals surface area contributed by atoms with Gasteiger partial charge >= 0.3 is 0 Å². The van der Waals surface area contributed by atoms with Gasteiger partial charge in [0.25, 0.3) is 0 Å². The van der Waals surface area contributed by atoms with E-state index in [1.807, 2.05) is 7.05 Å². The average molecular weight is 221 g/mol. The van der Waals surface area contributed by atoms with Crippen molar-refractivity contribution in [3.63, 3.8) is 0 Å². The second kappa shape index (κ2) is 5.12. The van der Waals surface area contributed by atoms with Crippen LogP contribution in [0.4, 0.5) is 11.6 Å². The van der Waals surface area contributed by atoms with Gasteiger partial charge < -0.3 is 15.5 Å². The molecule has 5 heteroatoms. The zero-order valence-electron chi connectivity index (χ0n) is 9.76. The van der Waals surface area contributed by atoms with Gasteiger partial charge in [0, 0.05) is 20.1 Å². The van der Waals surface area contributed by atoms with Crippen LogP contribution in [-0.4, -0.2) is 48.1 Å². The first-order valence-corrected chi connectivity index (χ1v) is 5.77. The lowest BCUT2D eigenvalue weighted by Gasteiger charge is -2.21. The quantitative estimate of drug-likeness (QED) is 0.806. The number of nitrogens with zero attached hydrogens (tertiary/aromatic N) is 4. The molecule has 16 heavy (non-hydrogen) atoms. The Kier molecular flexibility index (Phi) is 3.56. The first-order valence-electron chi connectivity index (χ1n) is 5.77. The molecule has 2 rings (SSSR count). The predicted molar refractivity (Wildman–Crippen MR) is 65.4 cm³/mol. The Bertz CT molecular complexity index is 318. The fraction of sp³-hybridized carbons (Fsp3) is 0.636. The summed E-state index contributed by atoms with van der Waals surface area (Å²) < 4.78 is 0. The van der Waals surface area contributed by atoms with Gasteiger partial charge in [-0.2, -0.15) is 0 Å². The lowest BCUT2D eigenvalue weighted by atomic mass is 10.4. The van der Waals surface area contributed by atoms with E-state index in [9.17, 15) is 0 Å². The van der Waals surface area contributed by atoms with Crippen LogP contribution in [0.3, 0.4) is 0 Å². The number of likely N-dealkylation sites (N-methyl/N-ethyl adjacent to an activating group) is 1. The second-order valence-corrected chi connectivity index (χ2v) is 4.27. The van der Waals surface area contributed by atoms with Crippen molar-refractivity contribution in [2.24, 2.45) is 0 Å². The molecule has 0 aliphatic carbocycles. The highest BCUT2D eigenvalue weighted by atomic mass is 15.2. The molecule has 0 saturated carbocycles. The van der Waals surface area contributed by atoms with E-state index in [0.717, 1.165) is 18.9 Å². The number of nitrogen functional groups attached to an aromatic ring is 1. The van der Waals surface area contributed by atoms with E-state index in [2.05, 4.69) is 19.8 Å². The average Bonchev–Trinajstić information content (AvgIpc) is 2.80. The van der Waals surface area contributed by atoms with Gasteiger partial charge in [-0.1, -0.05) is 0 Å². The number of anilines is 2. The minimum Gasteiger partial charge on any atom is -0.382 e. The van der Waals surface area contributed by atoms with Crippen LogP contribution in [0.25, 0.3) is 0 Å². The topological polar surface area (TPSA) is 58.3 Å². The Hall–Kier alpha value is -1.36. The van der Waals surface area contributed by atoms with Gasteiger partial charge in [-0.3, -0.25) is 0 Å². The van der Waals surface area contributed by atoms with Crippen molar-refractivity contribution in [1.29, 1.82) is 0 Å². The molecular weight excluding hydrogens is 202 g/mol. The van der Waals surface area contributed by atoms with Crippen molar-refractivity contribution in [1.82, 2.24) is 14.9 Å². The summed E-state index contributed by atoms with van der Waals surface area (Å²) in [5.74, 6) is 1.35. The van der Waals surface area contributed by atoms with Gasteiger partial charge in [-0.15, -0.1) is 0 Å². The molecule has 2 N–H and O–H groups in total. The highest BCUT2D eigenvalue weighted by Gasteiger charge is 2.12. The molecule has 1 aromatic heterocycles. The van der Waals surface area contributed by atoms with E-state index in [-0.39, 0.29) is 0 Å². The molecule has 0 unspecified atom stereocenters. The summed E-state index contributed by atoms with van der Waals surface area (Å²) in [6.07, 6.45) is 6.00. The lowest BCUT2D eigenvalue weighted by molar-refractivity contribution is 0.346. The molecule has 0 atom stereocenters. The smallest absolute Gasteiger partial charge is 0.147 e. The van der Waals surface area contributed by atoms with Crippen LogP contribution in [0.15, 0.2) is 12.4 Å². The Morgan fingerprint density at radius 3 is 2.69 bits per heavy atom. The molecule has 1 fully saturated rings. The van der Waals surface area contributed by atoms with Gasteiger partial charge in [0.2, 0.25) is 0 Å². The van der Waals surface area contributed by atoms with Crippen LogP contribution >= 0.6 is 0 Å². The molecule has 2 heterocycles. The van der Waals surface area contributed by atoms with Crippen molar-refractivity contribution >= 4 is 11.6 Å². The normalized spacial score (nSPS) is 16.6. The highest BCUT2D eigenvalue weighted by molar-refractivity contribution is 5.38. The third-order valence-corrected chi connectivity index (χ3v) is 3.00. The summed E-state index contributed by atoms with van der Waals surface area (Å²) in [4.78, 5) is 12.9. The number of nitrogens with two attached hydrogens (primary N) is 1. The van der Waals surface area contributed by atoms with Crippen LogP contribution < -0.4 is 10.6 Å². The van der Waals surface area contributed by atoms with Gasteiger partial charge in [-0.25, -0.2) is 9.97 Å². The standard InChI is InChI=1S/C11H19N5/c1-15(6-7-16-4-2-3-5-16)11-9-13-10(12)8-14-11/h8-9H,2-7H2,1H3,(H2,12,13). The monoisotopic (exact) mass is 221 g/mol. The molecule has 0 amide bonds. The molecule has 0 bridgehead atoms. The van der Waals surface area contributed by atoms with Gasteiger partial charge in [-0.05, 0) is 25.9 Å². The number of aromatic nitrogens is 2. The van der Waals surface area contributed by atoms with Gasteiger partial charge in [0.1, 0.15) is 11.6 Å². The van der Waals surface area contributed by atoms with E-state index < -0.39 is 0 Å². The Balaban J connectivity index is 1.82. The van der Waals surface area contributed by atoms with Crippen LogP contribution in [0.5, 0.6) is 0 Å². The summed E-state index contributed by atoms with van der Waals surface area (Å²) in [6.45, 7) is 4.56. The molecule has 0 aromatic carbocycles. The minimum atomic E-state index is 0.469. The maximum absolute atomic E-state index is 5.50. The molecule has 88 valence electrons. The number of hydrogen-bond donors (Lipinski definition) is 1.